The summed E-state index contributed by atoms with van der Waals surface area (Å²) in [5, 5.41) is 11.4. The second kappa shape index (κ2) is 6.08. The lowest BCUT2D eigenvalue weighted by Gasteiger charge is -2.28. The normalized spacial score (nSPS) is 17.7. The van der Waals surface area contributed by atoms with E-state index in [4.69, 9.17) is 0 Å². The summed E-state index contributed by atoms with van der Waals surface area (Å²) < 4.78 is 1.91. The molecule has 2 heterocycles. The molecule has 1 saturated carbocycles. The Morgan fingerprint density at radius 3 is 2.77 bits per heavy atom. The van der Waals surface area contributed by atoms with Crippen LogP contribution in [0.5, 0.6) is 0 Å². The number of hydrogen-bond donors (Lipinski definition) is 1. The Morgan fingerprint density at radius 2 is 2.09 bits per heavy atom. The molecule has 5 heteroatoms. The number of rotatable bonds is 4. The number of hydrogen-bond acceptors (Lipinski definition) is 3. The van der Waals surface area contributed by atoms with Gasteiger partial charge in [-0.15, -0.1) is 0 Å². The van der Waals surface area contributed by atoms with E-state index in [1.807, 2.05) is 29.7 Å². The molecular formula is C17H23N3O2. The highest BCUT2D eigenvalue weighted by atomic mass is 16.4. The predicted octanol–water partition coefficient (Wildman–Crippen LogP) is 0.354. The van der Waals surface area contributed by atoms with E-state index in [0.29, 0.717) is 18.2 Å². The van der Waals surface area contributed by atoms with Crippen LogP contribution in [0.4, 0.5) is 0 Å². The molecule has 2 aromatic rings. The van der Waals surface area contributed by atoms with E-state index < -0.39 is 5.97 Å². The molecule has 1 aliphatic carbocycles. The van der Waals surface area contributed by atoms with E-state index in [1.165, 1.54) is 37.0 Å². The minimum Gasteiger partial charge on any atom is -0.543 e. The van der Waals surface area contributed by atoms with Crippen molar-refractivity contribution >= 4 is 11.6 Å². The monoisotopic (exact) mass is 301 g/mol. The first-order valence-electron chi connectivity index (χ1n) is 8.07. The maximum Gasteiger partial charge on any atom is 0.137 e. The number of imidazole rings is 1. The Labute approximate surface area is 130 Å². The molecule has 22 heavy (non-hydrogen) atoms. The van der Waals surface area contributed by atoms with Gasteiger partial charge < -0.3 is 14.8 Å². The average Bonchev–Trinajstić information content (AvgIpc) is 2.86. The summed E-state index contributed by atoms with van der Waals surface area (Å²) in [6.45, 7) is 2.66. The number of quaternary nitrogens is 1. The Bertz CT molecular complexity index is 687. The topological polar surface area (TPSA) is 61.9 Å². The molecule has 0 saturated heterocycles. The zero-order valence-electron chi connectivity index (χ0n) is 13.3. The number of fused-ring (bicyclic) bond motifs is 1. The maximum absolute atomic E-state index is 11.4. The van der Waals surface area contributed by atoms with Crippen LogP contribution in [0.25, 0.3) is 5.65 Å². The third-order valence-corrected chi connectivity index (χ3v) is 4.81. The Morgan fingerprint density at radius 1 is 1.36 bits per heavy atom. The highest BCUT2D eigenvalue weighted by Gasteiger charge is 2.24. The van der Waals surface area contributed by atoms with Crippen LogP contribution >= 0.6 is 0 Å². The molecule has 0 amide bonds. The smallest absolute Gasteiger partial charge is 0.137 e. The van der Waals surface area contributed by atoms with E-state index in [9.17, 15) is 9.90 Å². The lowest BCUT2D eigenvalue weighted by molar-refractivity contribution is -0.921. The van der Waals surface area contributed by atoms with Crippen LogP contribution in [-0.2, 0) is 6.54 Å². The van der Waals surface area contributed by atoms with Crippen LogP contribution in [0.2, 0.25) is 0 Å². The fourth-order valence-electron chi connectivity index (χ4n) is 3.54. The highest BCUT2D eigenvalue weighted by molar-refractivity contribution is 5.86. The number of aromatic carboxylic acids is 1. The highest BCUT2D eigenvalue weighted by Crippen LogP contribution is 2.17. The summed E-state index contributed by atoms with van der Waals surface area (Å²) in [7, 11) is 2.16. The van der Waals surface area contributed by atoms with E-state index in [-0.39, 0.29) is 5.69 Å². The number of aryl methyl sites for hydroxylation is 1. The zero-order valence-corrected chi connectivity index (χ0v) is 13.3. The van der Waals surface area contributed by atoms with E-state index in [2.05, 4.69) is 12.0 Å². The third kappa shape index (κ3) is 2.86. The van der Waals surface area contributed by atoms with Crippen LogP contribution in [0.15, 0.2) is 18.3 Å². The standard InChI is InChI=1S/C17H23N3O2/c1-12-8-9-15-18-16(17(21)22)14(20(15)10-12)11-19(2)13-6-4-3-5-7-13/h8-10,13H,3-7,11H2,1-2H3,(H,21,22). The fourth-order valence-corrected chi connectivity index (χ4v) is 3.54. The quantitative estimate of drug-likeness (QED) is 0.886. The first-order chi connectivity index (χ1) is 10.6. The number of pyridine rings is 1. The van der Waals surface area contributed by atoms with Gasteiger partial charge in [-0.3, -0.25) is 4.40 Å². The van der Waals surface area contributed by atoms with Gasteiger partial charge in [-0.2, -0.15) is 0 Å². The first kappa shape index (κ1) is 15.0. The predicted molar refractivity (Wildman–Crippen MR) is 81.7 cm³/mol. The van der Waals surface area contributed by atoms with Crippen molar-refractivity contribution in [3.63, 3.8) is 0 Å². The number of nitrogens with zero attached hydrogens (tertiary/aromatic N) is 2. The molecule has 2 aromatic heterocycles. The van der Waals surface area contributed by atoms with Gasteiger partial charge in [0.25, 0.3) is 0 Å². The second-order valence-electron chi connectivity index (χ2n) is 6.49. The minimum absolute atomic E-state index is 0.0840. The molecule has 0 aromatic carbocycles. The number of nitrogens with one attached hydrogen (secondary N) is 1. The van der Waals surface area contributed by atoms with Gasteiger partial charge in [0, 0.05) is 6.20 Å². The molecule has 0 bridgehead atoms. The molecule has 5 nitrogen and oxygen atoms in total. The molecule has 1 aliphatic rings. The summed E-state index contributed by atoms with van der Waals surface area (Å²) in [5.74, 6) is -1.19. The van der Waals surface area contributed by atoms with Crippen LogP contribution in [0.3, 0.4) is 0 Å². The first-order valence-corrected chi connectivity index (χ1v) is 8.07. The van der Waals surface area contributed by atoms with Gasteiger partial charge in [0.15, 0.2) is 0 Å². The average molecular weight is 301 g/mol. The van der Waals surface area contributed by atoms with Crippen LogP contribution in [0.1, 0.15) is 53.8 Å². The fraction of sp³-hybridized carbons (Fsp3) is 0.529. The molecule has 1 atom stereocenters. The van der Waals surface area contributed by atoms with Gasteiger partial charge in [-0.25, -0.2) is 4.98 Å². The molecular weight excluding hydrogens is 278 g/mol. The zero-order chi connectivity index (χ0) is 15.7. The van der Waals surface area contributed by atoms with Crippen LogP contribution < -0.4 is 10.0 Å². The number of carbonyl (C=O) groups is 1. The molecule has 0 spiro atoms. The number of carboxylic acids is 1. The van der Waals surface area contributed by atoms with Crippen molar-refractivity contribution < 1.29 is 14.8 Å². The molecule has 3 rings (SSSR count). The Hall–Kier alpha value is -1.88. The Kier molecular flexibility index (Phi) is 4.16. The number of aromatic nitrogens is 2. The van der Waals surface area contributed by atoms with Gasteiger partial charge in [0.05, 0.1) is 19.1 Å². The van der Waals surface area contributed by atoms with Gasteiger partial charge in [0.2, 0.25) is 0 Å². The van der Waals surface area contributed by atoms with Crippen molar-refractivity contribution in [3.05, 3.63) is 35.3 Å². The molecule has 1 N–H and O–H groups in total. The van der Waals surface area contributed by atoms with Gasteiger partial charge in [-0.05, 0) is 44.2 Å². The largest absolute Gasteiger partial charge is 0.543 e. The van der Waals surface area contributed by atoms with Crippen molar-refractivity contribution in [2.24, 2.45) is 0 Å². The molecule has 1 fully saturated rings. The van der Waals surface area contributed by atoms with Gasteiger partial charge in [0.1, 0.15) is 23.6 Å². The van der Waals surface area contributed by atoms with Crippen molar-refractivity contribution in [2.75, 3.05) is 7.05 Å². The van der Waals surface area contributed by atoms with Crippen LogP contribution in [-0.4, -0.2) is 28.4 Å². The molecule has 0 aliphatic heterocycles. The molecule has 118 valence electrons. The lowest BCUT2D eigenvalue weighted by Crippen LogP contribution is -3.11. The van der Waals surface area contributed by atoms with Crippen molar-refractivity contribution in [1.29, 1.82) is 0 Å². The van der Waals surface area contributed by atoms with Crippen molar-refractivity contribution in [3.8, 4) is 0 Å². The van der Waals surface area contributed by atoms with Crippen molar-refractivity contribution in [1.82, 2.24) is 9.38 Å². The van der Waals surface area contributed by atoms with E-state index in [1.54, 1.807) is 0 Å². The van der Waals surface area contributed by atoms with Crippen molar-refractivity contribution in [2.45, 2.75) is 51.6 Å². The third-order valence-electron chi connectivity index (χ3n) is 4.81. The van der Waals surface area contributed by atoms with Gasteiger partial charge >= 0.3 is 0 Å². The van der Waals surface area contributed by atoms with E-state index in [0.717, 1.165) is 11.3 Å². The van der Waals surface area contributed by atoms with E-state index >= 15 is 0 Å². The summed E-state index contributed by atoms with van der Waals surface area (Å²) in [6, 6.07) is 4.42. The second-order valence-corrected chi connectivity index (χ2v) is 6.49. The SMILES string of the molecule is Cc1ccc2nc(C(=O)[O-])c(C[NH+](C)C3CCCCC3)n2c1. The summed E-state index contributed by atoms with van der Waals surface area (Å²) in [5.41, 5.74) is 2.60. The summed E-state index contributed by atoms with van der Waals surface area (Å²) in [4.78, 5) is 17.0. The summed E-state index contributed by atoms with van der Waals surface area (Å²) in [6.07, 6.45) is 8.29. The minimum atomic E-state index is -1.19. The summed E-state index contributed by atoms with van der Waals surface area (Å²) >= 11 is 0. The Balaban J connectivity index is 1.95. The maximum atomic E-state index is 11.4. The lowest BCUT2D eigenvalue weighted by atomic mass is 9.94. The van der Waals surface area contributed by atoms with Crippen LogP contribution in [0, 0.1) is 6.92 Å². The molecule has 0 radical (unpaired) electrons. The molecule has 1 unspecified atom stereocenters. The van der Waals surface area contributed by atoms with Gasteiger partial charge in [-0.1, -0.05) is 12.5 Å². The number of carboxylic acid groups (broad SMARTS) is 1. The number of carbonyl (C=O) groups excluding carboxylic acids is 1.